The molecule has 0 saturated heterocycles. The Morgan fingerprint density at radius 1 is 0.944 bits per heavy atom. The number of hydrogen-bond acceptors (Lipinski definition) is 5. The van der Waals surface area contributed by atoms with Crippen molar-refractivity contribution in [1.82, 2.24) is 0 Å². The molecule has 0 saturated carbocycles. The Bertz CT molecular complexity index is 302. The van der Waals surface area contributed by atoms with E-state index in [4.69, 9.17) is 19.3 Å². The lowest BCUT2D eigenvalue weighted by atomic mass is 10.3. The average molecular weight is 272 g/mol. The molecular weight excluding hydrogens is 252 g/mol. The van der Waals surface area contributed by atoms with Crippen LogP contribution in [0.25, 0.3) is 0 Å². The summed E-state index contributed by atoms with van der Waals surface area (Å²) in [6, 6.07) is 7.17. The fourth-order valence-electron chi connectivity index (χ4n) is 1.23. The van der Waals surface area contributed by atoms with Crippen LogP contribution in [0.3, 0.4) is 0 Å². The summed E-state index contributed by atoms with van der Waals surface area (Å²) in [5.74, 6) is 1.19. The summed E-state index contributed by atoms with van der Waals surface area (Å²) < 4.78 is 15.5. The molecule has 0 amide bonds. The summed E-state index contributed by atoms with van der Waals surface area (Å²) in [7, 11) is 1.65. The lowest BCUT2D eigenvalue weighted by Gasteiger charge is -2.05. The zero-order valence-electron chi connectivity index (χ0n) is 10.6. The van der Waals surface area contributed by atoms with Gasteiger partial charge in [0.05, 0.1) is 33.0 Å². The topological polar surface area (TPSA) is 47.9 Å². The summed E-state index contributed by atoms with van der Waals surface area (Å²) >= 11 is 1.70. The minimum absolute atomic E-state index is 0.295. The molecule has 5 heteroatoms. The standard InChI is InChI=1S/C13H20O4S/c1-15-6-7-16-8-9-17-10-11-18-13-4-2-12(14)3-5-13/h2-5,14H,6-11H2,1H3. The Labute approximate surface area is 112 Å². The van der Waals surface area contributed by atoms with Gasteiger partial charge in [-0.3, -0.25) is 0 Å². The van der Waals surface area contributed by atoms with Gasteiger partial charge in [-0.2, -0.15) is 0 Å². The minimum atomic E-state index is 0.295. The van der Waals surface area contributed by atoms with Crippen LogP contribution in [0.2, 0.25) is 0 Å². The van der Waals surface area contributed by atoms with Gasteiger partial charge in [-0.05, 0) is 24.3 Å². The van der Waals surface area contributed by atoms with Crippen LogP contribution in [0, 0.1) is 0 Å². The van der Waals surface area contributed by atoms with Crippen molar-refractivity contribution in [3.05, 3.63) is 24.3 Å². The van der Waals surface area contributed by atoms with Crippen LogP contribution in [0.4, 0.5) is 0 Å². The number of phenols is 1. The third-order valence-corrected chi connectivity index (χ3v) is 3.11. The molecule has 4 nitrogen and oxygen atoms in total. The third-order valence-electron chi connectivity index (χ3n) is 2.14. The van der Waals surface area contributed by atoms with E-state index >= 15 is 0 Å². The maximum Gasteiger partial charge on any atom is 0.115 e. The van der Waals surface area contributed by atoms with Crippen molar-refractivity contribution >= 4 is 11.8 Å². The van der Waals surface area contributed by atoms with E-state index in [0.29, 0.717) is 38.8 Å². The second-order valence-corrected chi connectivity index (χ2v) is 4.73. The first-order valence-electron chi connectivity index (χ1n) is 5.89. The largest absolute Gasteiger partial charge is 0.508 e. The highest BCUT2D eigenvalue weighted by Crippen LogP contribution is 2.20. The number of benzene rings is 1. The van der Waals surface area contributed by atoms with E-state index in [1.165, 1.54) is 0 Å². The van der Waals surface area contributed by atoms with Gasteiger partial charge in [-0.25, -0.2) is 0 Å². The van der Waals surface area contributed by atoms with Crippen LogP contribution in [-0.2, 0) is 14.2 Å². The number of thioether (sulfide) groups is 1. The molecule has 0 fully saturated rings. The van der Waals surface area contributed by atoms with Crippen LogP contribution in [0.5, 0.6) is 5.75 Å². The SMILES string of the molecule is COCCOCCOCCSc1ccc(O)cc1. The lowest BCUT2D eigenvalue weighted by molar-refractivity contribution is 0.0286. The molecular formula is C13H20O4S. The summed E-state index contributed by atoms with van der Waals surface area (Å²) in [4.78, 5) is 1.13. The Balaban J connectivity index is 1.91. The monoisotopic (exact) mass is 272 g/mol. The molecule has 0 bridgehead atoms. The van der Waals surface area contributed by atoms with E-state index in [1.54, 1.807) is 31.0 Å². The van der Waals surface area contributed by atoms with E-state index in [2.05, 4.69) is 0 Å². The third kappa shape index (κ3) is 7.55. The smallest absolute Gasteiger partial charge is 0.115 e. The Kier molecular flexibility index (Phi) is 8.67. The van der Waals surface area contributed by atoms with E-state index < -0.39 is 0 Å². The van der Waals surface area contributed by atoms with Crippen LogP contribution < -0.4 is 0 Å². The van der Waals surface area contributed by atoms with Gasteiger partial charge in [-0.1, -0.05) is 0 Å². The predicted octanol–water partition coefficient (Wildman–Crippen LogP) is 2.16. The van der Waals surface area contributed by atoms with Gasteiger partial charge in [0.2, 0.25) is 0 Å². The molecule has 0 spiro atoms. The molecule has 1 aromatic carbocycles. The fourth-order valence-corrected chi connectivity index (χ4v) is 1.99. The molecule has 18 heavy (non-hydrogen) atoms. The quantitative estimate of drug-likeness (QED) is 0.522. The van der Waals surface area contributed by atoms with Crippen molar-refractivity contribution in [2.24, 2.45) is 0 Å². The Morgan fingerprint density at radius 2 is 1.56 bits per heavy atom. The van der Waals surface area contributed by atoms with Gasteiger partial charge in [0, 0.05) is 17.8 Å². The highest BCUT2D eigenvalue weighted by atomic mass is 32.2. The Morgan fingerprint density at radius 3 is 2.22 bits per heavy atom. The number of hydrogen-bond donors (Lipinski definition) is 1. The first-order chi connectivity index (χ1) is 8.83. The van der Waals surface area contributed by atoms with Crippen LogP contribution in [-0.4, -0.2) is 51.0 Å². The van der Waals surface area contributed by atoms with Crippen molar-refractivity contribution in [2.75, 3.05) is 45.9 Å². The van der Waals surface area contributed by atoms with Crippen LogP contribution in [0.1, 0.15) is 0 Å². The van der Waals surface area contributed by atoms with Crippen molar-refractivity contribution < 1.29 is 19.3 Å². The fraction of sp³-hybridized carbons (Fsp3) is 0.538. The van der Waals surface area contributed by atoms with Crippen LogP contribution >= 0.6 is 11.8 Å². The first kappa shape index (κ1) is 15.3. The summed E-state index contributed by atoms with van der Waals surface area (Å²) in [5, 5.41) is 9.13. The van der Waals surface area contributed by atoms with Gasteiger partial charge in [0.15, 0.2) is 0 Å². The molecule has 0 aliphatic rings. The van der Waals surface area contributed by atoms with Crippen molar-refractivity contribution in [2.45, 2.75) is 4.90 Å². The number of ether oxygens (including phenoxy) is 3. The second kappa shape index (κ2) is 10.2. The zero-order chi connectivity index (χ0) is 13.1. The van der Waals surface area contributed by atoms with Gasteiger partial charge in [0.25, 0.3) is 0 Å². The highest BCUT2D eigenvalue weighted by Gasteiger charge is 1.95. The predicted molar refractivity (Wildman–Crippen MR) is 72.3 cm³/mol. The number of rotatable bonds is 10. The summed E-state index contributed by atoms with van der Waals surface area (Å²) in [6.07, 6.45) is 0. The average Bonchev–Trinajstić information content (AvgIpc) is 2.39. The summed E-state index contributed by atoms with van der Waals surface area (Å²) in [6.45, 7) is 3.14. The first-order valence-corrected chi connectivity index (χ1v) is 6.87. The van der Waals surface area contributed by atoms with E-state index in [-0.39, 0.29) is 0 Å². The highest BCUT2D eigenvalue weighted by molar-refractivity contribution is 7.99. The van der Waals surface area contributed by atoms with Crippen LogP contribution in [0.15, 0.2) is 29.2 Å². The van der Waals surface area contributed by atoms with Crippen molar-refractivity contribution in [3.63, 3.8) is 0 Å². The zero-order valence-corrected chi connectivity index (χ0v) is 11.4. The summed E-state index contributed by atoms with van der Waals surface area (Å²) in [5.41, 5.74) is 0. The van der Waals surface area contributed by atoms with E-state index in [9.17, 15) is 0 Å². The van der Waals surface area contributed by atoms with Gasteiger partial charge < -0.3 is 19.3 Å². The molecule has 0 aromatic heterocycles. The molecule has 0 unspecified atom stereocenters. The molecule has 1 N–H and O–H groups in total. The molecule has 1 rings (SSSR count). The van der Waals surface area contributed by atoms with Gasteiger partial charge in [-0.15, -0.1) is 11.8 Å². The van der Waals surface area contributed by atoms with Gasteiger partial charge in [0.1, 0.15) is 5.75 Å². The van der Waals surface area contributed by atoms with Crippen molar-refractivity contribution in [3.8, 4) is 5.75 Å². The minimum Gasteiger partial charge on any atom is -0.508 e. The molecule has 0 aliphatic carbocycles. The van der Waals surface area contributed by atoms with E-state index in [1.807, 2.05) is 12.1 Å². The molecule has 0 atom stereocenters. The molecule has 0 aliphatic heterocycles. The molecule has 1 aromatic rings. The maximum absolute atomic E-state index is 9.13. The number of aromatic hydroxyl groups is 1. The van der Waals surface area contributed by atoms with Gasteiger partial charge >= 0.3 is 0 Å². The van der Waals surface area contributed by atoms with E-state index in [0.717, 1.165) is 10.6 Å². The normalized spacial score (nSPS) is 10.7. The maximum atomic E-state index is 9.13. The second-order valence-electron chi connectivity index (χ2n) is 3.56. The number of methoxy groups -OCH3 is 1. The lowest BCUT2D eigenvalue weighted by Crippen LogP contribution is -2.09. The molecule has 0 heterocycles. The Hall–Kier alpha value is -0.750. The molecule has 0 radical (unpaired) electrons. The van der Waals surface area contributed by atoms with Crippen molar-refractivity contribution in [1.29, 1.82) is 0 Å². The molecule has 102 valence electrons. The number of phenolic OH excluding ortho intramolecular Hbond substituents is 1.